The first kappa shape index (κ1) is 27.1. The Morgan fingerprint density at radius 1 is 1.06 bits per heavy atom. The fourth-order valence-corrected chi connectivity index (χ4v) is 4.33. The van der Waals surface area contributed by atoms with Crippen molar-refractivity contribution in [3.63, 3.8) is 0 Å². The summed E-state index contributed by atoms with van der Waals surface area (Å²) >= 11 is 0. The van der Waals surface area contributed by atoms with Gasteiger partial charge in [-0.25, -0.2) is 9.97 Å². The first-order valence-electron chi connectivity index (χ1n) is 12.6. The molecule has 1 unspecified atom stereocenters. The normalized spacial score (nSPS) is 15.7. The Kier molecular flexibility index (Phi) is 10.2. The number of anilines is 2. The minimum atomic E-state index is -0.187. The van der Waals surface area contributed by atoms with Crippen LogP contribution in [0, 0.1) is 5.92 Å². The third-order valence-electron chi connectivity index (χ3n) is 6.13. The van der Waals surface area contributed by atoms with Crippen molar-refractivity contribution in [1.29, 1.82) is 0 Å². The highest BCUT2D eigenvalue weighted by Crippen LogP contribution is 2.21. The van der Waals surface area contributed by atoms with Crippen LogP contribution in [0.2, 0.25) is 0 Å². The van der Waals surface area contributed by atoms with Gasteiger partial charge in [0.15, 0.2) is 5.82 Å². The molecule has 1 atom stereocenters. The average Bonchev–Trinajstić information content (AvgIpc) is 2.87. The van der Waals surface area contributed by atoms with Crippen molar-refractivity contribution in [2.24, 2.45) is 5.92 Å². The Bertz CT molecular complexity index is 1030. The van der Waals surface area contributed by atoms with Crippen LogP contribution in [-0.4, -0.2) is 83.3 Å². The highest BCUT2D eigenvalue weighted by Gasteiger charge is 2.29. The van der Waals surface area contributed by atoms with Gasteiger partial charge in [-0.3, -0.25) is 19.3 Å². The van der Waals surface area contributed by atoms with Gasteiger partial charge in [0.1, 0.15) is 11.6 Å². The predicted molar refractivity (Wildman–Crippen MR) is 140 cm³/mol. The van der Waals surface area contributed by atoms with Crippen LogP contribution in [0.25, 0.3) is 11.4 Å². The van der Waals surface area contributed by atoms with Gasteiger partial charge in [-0.2, -0.15) is 0 Å². The van der Waals surface area contributed by atoms with Crippen molar-refractivity contribution in [3.8, 4) is 11.4 Å². The molecule has 0 saturated carbocycles. The van der Waals surface area contributed by atoms with Crippen molar-refractivity contribution >= 4 is 29.4 Å². The zero-order valence-corrected chi connectivity index (χ0v) is 21.4. The SMILES string of the molecule is CCN(CC)C(=O)C1CCCN(CC(=O)Nc2cc(NCCNC(C)=O)nc(-c3ccccc3)n2)C1. The molecule has 10 heteroatoms. The Hall–Kier alpha value is -3.53. The molecule has 1 aliphatic heterocycles. The standard InChI is InChI=1S/C26H37N7O3/c1-4-33(5-2)26(36)21-12-9-15-32(17-21)18-24(35)29-23-16-22(28-14-13-27-19(3)34)30-25(31-23)20-10-7-6-8-11-20/h6-8,10-11,16,21H,4-5,9,12-15,17-18H2,1-3H3,(H,27,34)(H2,28,29,30,31,35). The molecule has 2 aromatic rings. The maximum atomic E-state index is 12.9. The van der Waals surface area contributed by atoms with Crippen LogP contribution in [0.3, 0.4) is 0 Å². The lowest BCUT2D eigenvalue weighted by Gasteiger charge is -2.34. The molecule has 2 heterocycles. The van der Waals surface area contributed by atoms with Crippen LogP contribution in [0.5, 0.6) is 0 Å². The summed E-state index contributed by atoms with van der Waals surface area (Å²) in [5.74, 6) is 1.23. The molecule has 1 aromatic heterocycles. The molecule has 3 amide bonds. The van der Waals surface area contributed by atoms with Gasteiger partial charge in [-0.1, -0.05) is 30.3 Å². The molecule has 36 heavy (non-hydrogen) atoms. The van der Waals surface area contributed by atoms with Crippen molar-refractivity contribution in [1.82, 2.24) is 25.1 Å². The van der Waals surface area contributed by atoms with E-state index in [1.54, 1.807) is 6.07 Å². The second kappa shape index (κ2) is 13.5. The largest absolute Gasteiger partial charge is 0.368 e. The summed E-state index contributed by atoms with van der Waals surface area (Å²) in [6, 6.07) is 11.2. The second-order valence-electron chi connectivity index (χ2n) is 8.87. The van der Waals surface area contributed by atoms with Gasteiger partial charge in [0.25, 0.3) is 0 Å². The summed E-state index contributed by atoms with van der Waals surface area (Å²) in [6.45, 7) is 9.33. The lowest BCUT2D eigenvalue weighted by atomic mass is 9.96. The summed E-state index contributed by atoms with van der Waals surface area (Å²) in [7, 11) is 0. The molecule has 0 spiro atoms. The zero-order chi connectivity index (χ0) is 25.9. The van der Waals surface area contributed by atoms with E-state index < -0.39 is 0 Å². The van der Waals surface area contributed by atoms with Crippen molar-refractivity contribution < 1.29 is 14.4 Å². The van der Waals surface area contributed by atoms with E-state index in [1.165, 1.54) is 6.92 Å². The van der Waals surface area contributed by atoms with Crippen LogP contribution in [-0.2, 0) is 14.4 Å². The van der Waals surface area contributed by atoms with Gasteiger partial charge in [0.05, 0.1) is 12.5 Å². The summed E-state index contributed by atoms with van der Waals surface area (Å²) < 4.78 is 0. The van der Waals surface area contributed by atoms with E-state index in [4.69, 9.17) is 0 Å². The van der Waals surface area contributed by atoms with E-state index in [-0.39, 0.29) is 30.2 Å². The van der Waals surface area contributed by atoms with E-state index in [0.717, 1.165) is 24.9 Å². The highest BCUT2D eigenvalue weighted by molar-refractivity contribution is 5.92. The van der Waals surface area contributed by atoms with Gasteiger partial charge in [-0.05, 0) is 33.2 Å². The van der Waals surface area contributed by atoms with Gasteiger partial charge >= 0.3 is 0 Å². The summed E-state index contributed by atoms with van der Waals surface area (Å²) in [5.41, 5.74) is 0.826. The number of carbonyl (C=O) groups is 3. The fraction of sp³-hybridized carbons (Fsp3) is 0.500. The van der Waals surface area contributed by atoms with E-state index in [2.05, 4.69) is 25.9 Å². The van der Waals surface area contributed by atoms with Crippen LogP contribution in [0.1, 0.15) is 33.6 Å². The molecular weight excluding hydrogens is 458 g/mol. The third kappa shape index (κ3) is 8.01. The first-order valence-corrected chi connectivity index (χ1v) is 12.6. The van der Waals surface area contributed by atoms with Crippen molar-refractivity contribution in [2.75, 3.05) is 56.4 Å². The number of amides is 3. The topological polar surface area (TPSA) is 120 Å². The lowest BCUT2D eigenvalue weighted by Crippen LogP contribution is -2.46. The van der Waals surface area contributed by atoms with Crippen molar-refractivity contribution in [2.45, 2.75) is 33.6 Å². The quantitative estimate of drug-likeness (QED) is 0.409. The first-order chi connectivity index (χ1) is 17.4. The minimum absolute atomic E-state index is 0.0744. The Morgan fingerprint density at radius 2 is 1.78 bits per heavy atom. The number of piperidine rings is 1. The minimum Gasteiger partial charge on any atom is -0.368 e. The molecule has 10 nitrogen and oxygen atoms in total. The number of hydrogen-bond donors (Lipinski definition) is 3. The van der Waals surface area contributed by atoms with E-state index in [0.29, 0.717) is 50.2 Å². The summed E-state index contributed by atoms with van der Waals surface area (Å²) in [4.78, 5) is 49.8. The second-order valence-corrected chi connectivity index (χ2v) is 8.87. The van der Waals surface area contributed by atoms with Crippen LogP contribution in [0.15, 0.2) is 36.4 Å². The highest BCUT2D eigenvalue weighted by atomic mass is 16.2. The number of aromatic nitrogens is 2. The van der Waals surface area contributed by atoms with Crippen LogP contribution >= 0.6 is 0 Å². The van der Waals surface area contributed by atoms with Gasteiger partial charge in [0.2, 0.25) is 17.7 Å². The van der Waals surface area contributed by atoms with Crippen molar-refractivity contribution in [3.05, 3.63) is 36.4 Å². The van der Waals surface area contributed by atoms with E-state index in [1.807, 2.05) is 54.0 Å². The third-order valence-corrected chi connectivity index (χ3v) is 6.13. The summed E-state index contributed by atoms with van der Waals surface area (Å²) in [6.07, 6.45) is 1.74. The van der Waals surface area contributed by atoms with Gasteiger partial charge < -0.3 is 20.9 Å². The number of benzene rings is 1. The molecular formula is C26H37N7O3. The predicted octanol–water partition coefficient (Wildman–Crippen LogP) is 2.21. The molecule has 1 aliphatic rings. The molecule has 0 aliphatic carbocycles. The maximum Gasteiger partial charge on any atom is 0.239 e. The number of likely N-dealkylation sites (tertiary alicyclic amines) is 1. The number of nitrogens with zero attached hydrogens (tertiary/aromatic N) is 4. The lowest BCUT2D eigenvalue weighted by molar-refractivity contribution is -0.137. The molecule has 1 fully saturated rings. The molecule has 1 saturated heterocycles. The molecule has 3 rings (SSSR count). The van der Waals surface area contributed by atoms with Gasteiger partial charge in [-0.15, -0.1) is 0 Å². The molecule has 1 aromatic carbocycles. The number of rotatable bonds is 11. The Balaban J connectivity index is 1.66. The van der Waals surface area contributed by atoms with E-state index in [9.17, 15) is 14.4 Å². The molecule has 3 N–H and O–H groups in total. The molecule has 0 bridgehead atoms. The van der Waals surface area contributed by atoms with Crippen LogP contribution < -0.4 is 16.0 Å². The zero-order valence-electron chi connectivity index (χ0n) is 21.4. The smallest absolute Gasteiger partial charge is 0.239 e. The monoisotopic (exact) mass is 495 g/mol. The number of hydrogen-bond acceptors (Lipinski definition) is 7. The average molecular weight is 496 g/mol. The summed E-state index contributed by atoms with van der Waals surface area (Å²) in [5, 5.41) is 8.81. The van der Waals surface area contributed by atoms with Gasteiger partial charge in [0, 0.05) is 51.3 Å². The fourth-order valence-electron chi connectivity index (χ4n) is 4.33. The van der Waals surface area contributed by atoms with Crippen LogP contribution in [0.4, 0.5) is 11.6 Å². The number of nitrogens with one attached hydrogen (secondary N) is 3. The number of carbonyl (C=O) groups excluding carboxylic acids is 3. The Labute approximate surface area is 212 Å². The Morgan fingerprint density at radius 3 is 2.47 bits per heavy atom. The van der Waals surface area contributed by atoms with E-state index >= 15 is 0 Å². The maximum absolute atomic E-state index is 12.9. The molecule has 194 valence electrons. The molecule has 0 radical (unpaired) electrons.